The Kier molecular flexibility index (Phi) is 5.01. The van der Waals surface area contributed by atoms with Crippen molar-refractivity contribution in [3.05, 3.63) is 59.1 Å². The summed E-state index contributed by atoms with van der Waals surface area (Å²) < 4.78 is 44.1. The summed E-state index contributed by atoms with van der Waals surface area (Å²) in [6, 6.07) is 9.60. The molecule has 0 fully saturated rings. The van der Waals surface area contributed by atoms with Gasteiger partial charge in [-0.1, -0.05) is 36.4 Å². The summed E-state index contributed by atoms with van der Waals surface area (Å²) >= 11 is 1.06. The van der Waals surface area contributed by atoms with Crippen LogP contribution in [0.3, 0.4) is 0 Å². The van der Waals surface area contributed by atoms with E-state index in [-0.39, 0.29) is 26.8 Å². The third-order valence-electron chi connectivity index (χ3n) is 3.53. The molecule has 0 N–H and O–H groups in total. The molecule has 0 atom stereocenters. The van der Waals surface area contributed by atoms with Gasteiger partial charge in [-0.3, -0.25) is 0 Å². The van der Waals surface area contributed by atoms with Gasteiger partial charge < -0.3 is 9.39 Å². The molecule has 3 aromatic rings. The molecule has 0 aliphatic carbocycles. The quantitative estimate of drug-likeness (QED) is 0.286. The minimum absolute atomic E-state index is 0.000957. The number of benzene rings is 2. The van der Waals surface area contributed by atoms with Crippen molar-refractivity contribution in [2.24, 2.45) is 0 Å². The standard InChI is InChI=1S/C17H15FN2O4S2/c1-3-25-17-16(19-14-9-6-12(18)10-15(14)20(17)21)24-26(22,23)13-7-4-11(2)5-8-13/h4-10H,3H2,1-2H3. The molecule has 0 unspecified atom stereocenters. The Balaban J connectivity index is 2.12. The second kappa shape index (κ2) is 7.08. The Labute approximate surface area is 154 Å². The first-order chi connectivity index (χ1) is 12.3. The zero-order chi connectivity index (χ0) is 18.9. The average molecular weight is 394 g/mol. The molecule has 9 heteroatoms. The maximum absolute atomic E-state index is 13.4. The number of nitrogens with zero attached hydrogens (tertiary/aromatic N) is 2. The molecule has 2 aromatic carbocycles. The van der Waals surface area contributed by atoms with Crippen LogP contribution < -0.4 is 8.91 Å². The van der Waals surface area contributed by atoms with E-state index in [0.29, 0.717) is 10.5 Å². The fraction of sp³-hybridized carbons (Fsp3) is 0.176. The molecular formula is C17H15FN2O4S2. The topological polar surface area (TPSA) is 83.2 Å². The van der Waals surface area contributed by atoms with Crippen LogP contribution >= 0.6 is 11.8 Å². The largest absolute Gasteiger partial charge is 0.617 e. The van der Waals surface area contributed by atoms with Gasteiger partial charge >= 0.3 is 21.0 Å². The SMILES string of the molecule is CCSc1c(OS(=O)(=O)c2ccc(C)cc2)nc2ccc(F)cc2[n+]1[O-]. The first kappa shape index (κ1) is 18.4. The normalized spacial score (nSPS) is 11.7. The van der Waals surface area contributed by atoms with Gasteiger partial charge in [0.1, 0.15) is 16.2 Å². The number of fused-ring (bicyclic) bond motifs is 1. The molecule has 6 nitrogen and oxygen atoms in total. The van der Waals surface area contributed by atoms with Crippen LogP contribution in [0.4, 0.5) is 4.39 Å². The summed E-state index contributed by atoms with van der Waals surface area (Å²) in [5.74, 6) is -0.435. The molecule has 0 radical (unpaired) electrons. The summed E-state index contributed by atoms with van der Waals surface area (Å²) in [4.78, 5) is 4.07. The second-order valence-corrected chi connectivity index (χ2v) is 8.23. The fourth-order valence-electron chi connectivity index (χ4n) is 2.28. The van der Waals surface area contributed by atoms with Gasteiger partial charge in [0, 0.05) is 11.8 Å². The van der Waals surface area contributed by atoms with Crippen LogP contribution in [-0.2, 0) is 10.1 Å². The first-order valence-corrected chi connectivity index (χ1v) is 10.1. The van der Waals surface area contributed by atoms with Crippen LogP contribution in [0.25, 0.3) is 11.0 Å². The van der Waals surface area contributed by atoms with Crippen molar-refractivity contribution < 1.29 is 21.7 Å². The van der Waals surface area contributed by atoms with E-state index in [1.807, 2.05) is 6.92 Å². The molecule has 0 saturated heterocycles. The summed E-state index contributed by atoms with van der Waals surface area (Å²) in [6.45, 7) is 3.62. The van der Waals surface area contributed by atoms with E-state index in [1.54, 1.807) is 19.1 Å². The third kappa shape index (κ3) is 3.58. The number of hydrogen-bond acceptors (Lipinski definition) is 6. The predicted octanol–water partition coefficient (Wildman–Crippen LogP) is 3.20. The lowest BCUT2D eigenvalue weighted by Gasteiger charge is -2.12. The highest BCUT2D eigenvalue weighted by atomic mass is 32.2. The van der Waals surface area contributed by atoms with E-state index < -0.39 is 15.9 Å². The van der Waals surface area contributed by atoms with E-state index in [0.717, 1.165) is 29.5 Å². The number of aromatic nitrogens is 2. The van der Waals surface area contributed by atoms with Crippen molar-refractivity contribution in [1.29, 1.82) is 0 Å². The number of halogens is 1. The lowest BCUT2D eigenvalue weighted by Crippen LogP contribution is -2.32. The van der Waals surface area contributed by atoms with Gasteiger partial charge in [-0.15, -0.1) is 0 Å². The van der Waals surface area contributed by atoms with E-state index in [2.05, 4.69) is 4.98 Å². The van der Waals surface area contributed by atoms with Crippen LogP contribution in [0.15, 0.2) is 52.4 Å². The number of thioether (sulfide) groups is 1. The first-order valence-electron chi connectivity index (χ1n) is 7.68. The monoisotopic (exact) mass is 394 g/mol. The molecule has 0 bridgehead atoms. The van der Waals surface area contributed by atoms with Crippen molar-refractivity contribution in [3.8, 4) is 5.88 Å². The molecule has 0 saturated carbocycles. The van der Waals surface area contributed by atoms with Crippen LogP contribution in [0.2, 0.25) is 0 Å². The van der Waals surface area contributed by atoms with Gasteiger partial charge in [0.05, 0.1) is 0 Å². The second-order valence-electron chi connectivity index (χ2n) is 5.43. The van der Waals surface area contributed by atoms with Crippen molar-refractivity contribution in [2.75, 3.05) is 5.75 Å². The third-order valence-corrected chi connectivity index (χ3v) is 5.65. The van der Waals surface area contributed by atoms with Gasteiger partial charge in [-0.25, -0.2) is 4.39 Å². The lowest BCUT2D eigenvalue weighted by molar-refractivity contribution is -0.619. The highest BCUT2D eigenvalue weighted by Crippen LogP contribution is 2.29. The fourth-order valence-corrected chi connectivity index (χ4v) is 3.92. The predicted molar refractivity (Wildman–Crippen MR) is 96.1 cm³/mol. The Bertz CT molecular complexity index is 1070. The molecule has 0 aliphatic heterocycles. The molecule has 0 amide bonds. The number of rotatable bonds is 5. The van der Waals surface area contributed by atoms with Crippen molar-refractivity contribution >= 4 is 32.9 Å². The summed E-state index contributed by atoms with van der Waals surface area (Å²) in [5.41, 5.74) is 1.03. The van der Waals surface area contributed by atoms with Crippen LogP contribution in [0, 0.1) is 17.9 Å². The van der Waals surface area contributed by atoms with Crippen molar-refractivity contribution in [2.45, 2.75) is 23.8 Å². The Morgan fingerprint density at radius 3 is 2.58 bits per heavy atom. The van der Waals surface area contributed by atoms with Crippen molar-refractivity contribution in [3.63, 3.8) is 0 Å². The molecule has 0 spiro atoms. The average Bonchev–Trinajstić information content (AvgIpc) is 2.59. The molecule has 1 aromatic heterocycles. The Morgan fingerprint density at radius 1 is 1.23 bits per heavy atom. The smallest absolute Gasteiger partial charge is 0.340 e. The summed E-state index contributed by atoms with van der Waals surface area (Å²) in [7, 11) is -4.17. The van der Waals surface area contributed by atoms with E-state index in [9.17, 15) is 18.0 Å². The molecular weight excluding hydrogens is 379 g/mol. The van der Waals surface area contributed by atoms with Gasteiger partial charge in [0.2, 0.25) is 5.52 Å². The van der Waals surface area contributed by atoms with Crippen molar-refractivity contribution in [1.82, 2.24) is 4.98 Å². The van der Waals surface area contributed by atoms with Crippen LogP contribution in [0.1, 0.15) is 12.5 Å². The number of hydrogen-bond donors (Lipinski definition) is 0. The van der Waals surface area contributed by atoms with Crippen LogP contribution in [-0.4, -0.2) is 19.2 Å². The molecule has 26 heavy (non-hydrogen) atoms. The van der Waals surface area contributed by atoms with Gasteiger partial charge in [-0.2, -0.15) is 18.1 Å². The maximum Gasteiger partial charge on any atom is 0.340 e. The highest BCUT2D eigenvalue weighted by Gasteiger charge is 2.27. The molecule has 1 heterocycles. The minimum Gasteiger partial charge on any atom is -0.617 e. The van der Waals surface area contributed by atoms with E-state index in [4.69, 9.17) is 4.18 Å². The zero-order valence-corrected chi connectivity index (χ0v) is 15.6. The highest BCUT2D eigenvalue weighted by molar-refractivity contribution is 7.99. The maximum atomic E-state index is 13.4. The van der Waals surface area contributed by atoms with Gasteiger partial charge in [0.15, 0.2) is 0 Å². The Hall–Kier alpha value is -2.39. The molecule has 136 valence electrons. The molecule has 0 aliphatic rings. The molecule has 3 rings (SSSR count). The lowest BCUT2D eigenvalue weighted by atomic mass is 10.2. The minimum atomic E-state index is -4.17. The van der Waals surface area contributed by atoms with E-state index >= 15 is 0 Å². The number of aryl methyl sites for hydroxylation is 1. The summed E-state index contributed by atoms with van der Waals surface area (Å²) in [6.07, 6.45) is 0. The van der Waals surface area contributed by atoms with Gasteiger partial charge in [0.25, 0.3) is 0 Å². The Morgan fingerprint density at radius 2 is 1.92 bits per heavy atom. The summed E-state index contributed by atoms with van der Waals surface area (Å²) in [5, 5.41) is 12.5. The van der Waals surface area contributed by atoms with Crippen LogP contribution in [0.5, 0.6) is 5.88 Å². The zero-order valence-electron chi connectivity index (χ0n) is 14.0. The van der Waals surface area contributed by atoms with Gasteiger partial charge in [-0.05, 0) is 31.2 Å². The van der Waals surface area contributed by atoms with E-state index in [1.165, 1.54) is 18.2 Å².